The van der Waals surface area contributed by atoms with Crippen LogP contribution in [0.25, 0.3) is 15.8 Å². The van der Waals surface area contributed by atoms with Crippen LogP contribution in [0.5, 0.6) is 5.75 Å². The summed E-state index contributed by atoms with van der Waals surface area (Å²) in [5.74, 6) is 1.83. The van der Waals surface area contributed by atoms with Gasteiger partial charge in [0.15, 0.2) is 6.21 Å². The molecule has 24 heavy (non-hydrogen) atoms. The van der Waals surface area contributed by atoms with Crippen LogP contribution in [0.4, 0.5) is 0 Å². The molecule has 0 spiro atoms. The van der Waals surface area contributed by atoms with Crippen molar-refractivity contribution in [2.75, 3.05) is 14.1 Å². The second-order valence-electron chi connectivity index (χ2n) is 6.71. The molecule has 0 unspecified atom stereocenters. The van der Waals surface area contributed by atoms with Crippen molar-refractivity contribution in [1.82, 2.24) is 0 Å². The predicted molar refractivity (Wildman–Crippen MR) is 101 cm³/mol. The number of fused-ring (bicyclic) bond motifs is 4. The fraction of sp³-hybridized carbons (Fsp3) is 0.286. The Morgan fingerprint density at radius 3 is 2.67 bits per heavy atom. The summed E-state index contributed by atoms with van der Waals surface area (Å²) in [5, 5.41) is 3.21. The molecule has 3 heteroatoms. The van der Waals surface area contributed by atoms with Crippen molar-refractivity contribution in [2.45, 2.75) is 25.7 Å². The molecule has 0 atom stereocenters. The minimum Gasteiger partial charge on any atom is -0.456 e. The lowest BCUT2D eigenvalue weighted by molar-refractivity contribution is -0.459. The van der Waals surface area contributed by atoms with Gasteiger partial charge in [-0.05, 0) is 42.5 Å². The SMILES string of the molecule is C[N+](C)=CC1=C2Oc3ccc4ccccc4c3C(Cl)=C2CCCC1. The first-order valence-electron chi connectivity index (χ1n) is 8.48. The van der Waals surface area contributed by atoms with Crippen molar-refractivity contribution in [1.29, 1.82) is 0 Å². The summed E-state index contributed by atoms with van der Waals surface area (Å²) >= 11 is 6.91. The Hall–Kier alpha value is -2.06. The maximum absolute atomic E-state index is 6.91. The van der Waals surface area contributed by atoms with Crippen LogP contribution in [0.1, 0.15) is 31.2 Å². The summed E-state index contributed by atoms with van der Waals surface area (Å²) in [5.41, 5.74) is 3.44. The van der Waals surface area contributed by atoms with Crippen molar-refractivity contribution in [3.05, 3.63) is 58.9 Å². The maximum atomic E-state index is 6.91. The highest BCUT2D eigenvalue weighted by Crippen LogP contribution is 2.46. The predicted octanol–water partition coefficient (Wildman–Crippen LogP) is 5.35. The first-order valence-corrected chi connectivity index (χ1v) is 8.86. The van der Waals surface area contributed by atoms with E-state index in [1.807, 2.05) is 20.2 Å². The Balaban J connectivity index is 2.00. The molecule has 0 amide bonds. The van der Waals surface area contributed by atoms with Gasteiger partial charge in [0.25, 0.3) is 0 Å². The summed E-state index contributed by atoms with van der Waals surface area (Å²) in [7, 11) is 4.10. The van der Waals surface area contributed by atoms with Crippen molar-refractivity contribution < 1.29 is 9.31 Å². The number of ether oxygens (including phenoxy) is 1. The van der Waals surface area contributed by atoms with Crippen molar-refractivity contribution in [3.8, 4) is 5.75 Å². The van der Waals surface area contributed by atoms with E-state index < -0.39 is 0 Å². The third-order valence-electron chi connectivity index (χ3n) is 4.69. The molecule has 2 nitrogen and oxygen atoms in total. The molecule has 4 rings (SSSR count). The zero-order valence-electron chi connectivity index (χ0n) is 14.1. The number of hydrogen-bond acceptors (Lipinski definition) is 1. The molecule has 0 radical (unpaired) electrons. The van der Waals surface area contributed by atoms with E-state index in [4.69, 9.17) is 16.3 Å². The average molecular weight is 339 g/mol. The van der Waals surface area contributed by atoms with E-state index in [0.29, 0.717) is 0 Å². The van der Waals surface area contributed by atoms with Crippen LogP contribution in [0.15, 0.2) is 53.3 Å². The van der Waals surface area contributed by atoms with Crippen LogP contribution < -0.4 is 4.74 Å². The van der Waals surface area contributed by atoms with Crippen molar-refractivity contribution >= 4 is 33.6 Å². The quantitative estimate of drug-likeness (QED) is 0.504. The lowest BCUT2D eigenvalue weighted by Crippen LogP contribution is -2.12. The molecule has 2 aromatic carbocycles. The highest BCUT2D eigenvalue weighted by molar-refractivity contribution is 6.51. The molecular formula is C21H21ClNO+. The smallest absolute Gasteiger partial charge is 0.169 e. The second kappa shape index (κ2) is 6.10. The molecule has 0 N–H and O–H groups in total. The van der Waals surface area contributed by atoms with E-state index in [-0.39, 0.29) is 0 Å². The van der Waals surface area contributed by atoms with E-state index in [0.717, 1.165) is 58.7 Å². The molecule has 0 saturated heterocycles. The number of benzene rings is 2. The second-order valence-corrected chi connectivity index (χ2v) is 7.09. The van der Waals surface area contributed by atoms with Crippen LogP contribution in [0, 0.1) is 0 Å². The highest BCUT2D eigenvalue weighted by Gasteiger charge is 2.29. The largest absolute Gasteiger partial charge is 0.456 e. The summed E-state index contributed by atoms with van der Waals surface area (Å²) in [4.78, 5) is 0. The number of halogens is 1. The molecular weight excluding hydrogens is 318 g/mol. The Morgan fingerprint density at radius 2 is 1.83 bits per heavy atom. The van der Waals surface area contributed by atoms with Gasteiger partial charge in [-0.15, -0.1) is 0 Å². The molecule has 2 aromatic rings. The van der Waals surface area contributed by atoms with Gasteiger partial charge in [0.1, 0.15) is 25.6 Å². The summed E-state index contributed by atoms with van der Waals surface area (Å²) in [6, 6.07) is 12.5. The van der Waals surface area contributed by atoms with Gasteiger partial charge >= 0.3 is 0 Å². The molecule has 1 aliphatic heterocycles. The lowest BCUT2D eigenvalue weighted by atomic mass is 9.96. The van der Waals surface area contributed by atoms with E-state index in [9.17, 15) is 0 Å². The van der Waals surface area contributed by atoms with Crippen LogP contribution in [0.3, 0.4) is 0 Å². The number of hydrogen-bond donors (Lipinski definition) is 0. The van der Waals surface area contributed by atoms with Crippen LogP contribution in [0.2, 0.25) is 0 Å². The molecule has 0 aromatic heterocycles. The molecule has 1 heterocycles. The molecule has 1 aliphatic carbocycles. The monoisotopic (exact) mass is 338 g/mol. The lowest BCUT2D eigenvalue weighted by Gasteiger charge is -2.24. The number of nitrogens with zero attached hydrogens (tertiary/aromatic N) is 1. The summed E-state index contributed by atoms with van der Waals surface area (Å²) < 4.78 is 8.47. The number of allylic oxidation sites excluding steroid dienone is 2. The van der Waals surface area contributed by atoms with Gasteiger partial charge in [-0.25, -0.2) is 4.58 Å². The Kier molecular flexibility index (Phi) is 3.93. The van der Waals surface area contributed by atoms with E-state index >= 15 is 0 Å². The highest BCUT2D eigenvalue weighted by atomic mass is 35.5. The average Bonchev–Trinajstić information content (AvgIpc) is 2.77. The molecule has 2 aliphatic rings. The van der Waals surface area contributed by atoms with Gasteiger partial charge in [0, 0.05) is 11.1 Å². The van der Waals surface area contributed by atoms with Gasteiger partial charge < -0.3 is 4.74 Å². The van der Waals surface area contributed by atoms with Crippen LogP contribution >= 0.6 is 11.6 Å². The fourth-order valence-electron chi connectivity index (χ4n) is 3.63. The molecule has 122 valence electrons. The Labute approximate surface area is 147 Å². The van der Waals surface area contributed by atoms with Gasteiger partial charge in [-0.1, -0.05) is 41.9 Å². The third-order valence-corrected chi connectivity index (χ3v) is 5.11. The van der Waals surface area contributed by atoms with Gasteiger partial charge in [0.2, 0.25) is 0 Å². The molecule has 0 saturated carbocycles. The normalized spacial score (nSPS) is 17.1. The number of rotatable bonds is 1. The standard InChI is InChI=1S/C21H21ClNO/c1-23(2)13-15-8-4-6-10-17-20(22)19-16-9-5-3-7-14(16)11-12-18(19)24-21(15)17/h3,5,7,9,11-13H,4,6,8,10H2,1-2H3/q+1. The van der Waals surface area contributed by atoms with Crippen LogP contribution in [-0.4, -0.2) is 24.9 Å². The Bertz CT molecular complexity index is 917. The first kappa shape index (κ1) is 15.5. The molecule has 0 bridgehead atoms. The summed E-state index contributed by atoms with van der Waals surface area (Å²) in [6.07, 6.45) is 6.48. The van der Waals surface area contributed by atoms with Crippen LogP contribution in [-0.2, 0) is 0 Å². The minimum atomic E-state index is 0.856. The van der Waals surface area contributed by atoms with Gasteiger partial charge in [0.05, 0.1) is 10.6 Å². The minimum absolute atomic E-state index is 0.856. The zero-order valence-corrected chi connectivity index (χ0v) is 14.9. The maximum Gasteiger partial charge on any atom is 0.169 e. The Morgan fingerprint density at radius 1 is 1.04 bits per heavy atom. The van der Waals surface area contributed by atoms with Crippen molar-refractivity contribution in [3.63, 3.8) is 0 Å². The van der Waals surface area contributed by atoms with Gasteiger partial charge in [-0.3, -0.25) is 0 Å². The molecule has 0 fully saturated rings. The first-order chi connectivity index (χ1) is 11.6. The third kappa shape index (κ3) is 2.55. The van der Waals surface area contributed by atoms with E-state index in [1.165, 1.54) is 11.0 Å². The van der Waals surface area contributed by atoms with Crippen molar-refractivity contribution in [2.24, 2.45) is 0 Å². The topological polar surface area (TPSA) is 12.2 Å². The fourth-order valence-corrected chi connectivity index (χ4v) is 4.01. The zero-order chi connectivity index (χ0) is 16.7. The van der Waals surface area contributed by atoms with E-state index in [2.05, 4.69) is 41.1 Å². The van der Waals surface area contributed by atoms with Gasteiger partial charge in [-0.2, -0.15) is 0 Å². The van der Waals surface area contributed by atoms with E-state index in [1.54, 1.807) is 0 Å². The summed E-state index contributed by atoms with van der Waals surface area (Å²) in [6.45, 7) is 0.